The van der Waals surface area contributed by atoms with Crippen LogP contribution in [0.1, 0.15) is 22.1 Å². The molecule has 0 bridgehead atoms. The summed E-state index contributed by atoms with van der Waals surface area (Å²) in [6.07, 6.45) is 2.05. The fourth-order valence-corrected chi connectivity index (χ4v) is 3.53. The van der Waals surface area contributed by atoms with Crippen molar-refractivity contribution in [3.05, 3.63) is 58.9 Å². The first-order valence-electron chi connectivity index (χ1n) is 8.63. The van der Waals surface area contributed by atoms with Gasteiger partial charge in [0.1, 0.15) is 0 Å². The Labute approximate surface area is 154 Å². The summed E-state index contributed by atoms with van der Waals surface area (Å²) in [4.78, 5) is 17.3. The molecule has 1 aromatic heterocycles. The molecule has 2 heterocycles. The maximum Gasteiger partial charge on any atom is 0.252 e. The minimum absolute atomic E-state index is 0.126. The molecule has 1 amide bonds. The van der Waals surface area contributed by atoms with Gasteiger partial charge in [-0.25, -0.2) is 0 Å². The zero-order valence-electron chi connectivity index (χ0n) is 14.8. The van der Waals surface area contributed by atoms with E-state index < -0.39 is 0 Å². The van der Waals surface area contributed by atoms with E-state index in [2.05, 4.69) is 32.8 Å². The standard InChI is InChI=1S/C19H25ClN4O/c1-22-10-12-24(13-11-22)18(17-8-5-9-23(17)2)14-21-19(25)15-6-3-4-7-16(15)20/h3-9,18H,10-14H2,1-2H3,(H,21,25)/t18-/m0/s1. The minimum atomic E-state index is -0.126. The zero-order valence-corrected chi connectivity index (χ0v) is 15.5. The number of hydrogen-bond donors (Lipinski definition) is 1. The summed E-state index contributed by atoms with van der Waals surface area (Å²) in [5.41, 5.74) is 1.73. The number of aromatic nitrogens is 1. The average Bonchev–Trinajstić information content (AvgIpc) is 3.03. The van der Waals surface area contributed by atoms with Gasteiger partial charge in [0.05, 0.1) is 16.6 Å². The number of carbonyl (C=O) groups excluding carboxylic acids is 1. The summed E-state index contributed by atoms with van der Waals surface area (Å²) in [5.74, 6) is -0.126. The summed E-state index contributed by atoms with van der Waals surface area (Å²) in [5, 5.41) is 3.55. The van der Waals surface area contributed by atoms with Gasteiger partial charge < -0.3 is 14.8 Å². The van der Waals surface area contributed by atoms with Crippen LogP contribution in [0.25, 0.3) is 0 Å². The van der Waals surface area contributed by atoms with Gasteiger partial charge in [-0.1, -0.05) is 23.7 Å². The molecule has 0 aliphatic carbocycles. The van der Waals surface area contributed by atoms with Gasteiger partial charge in [0, 0.05) is 51.7 Å². The quantitative estimate of drug-likeness (QED) is 0.890. The van der Waals surface area contributed by atoms with Gasteiger partial charge in [-0.3, -0.25) is 9.69 Å². The number of rotatable bonds is 5. The lowest BCUT2D eigenvalue weighted by Crippen LogP contribution is -2.48. The molecular formula is C19H25ClN4O. The van der Waals surface area contributed by atoms with Crippen molar-refractivity contribution >= 4 is 17.5 Å². The van der Waals surface area contributed by atoms with E-state index >= 15 is 0 Å². The molecule has 6 heteroatoms. The number of nitrogens with one attached hydrogen (secondary N) is 1. The van der Waals surface area contributed by atoms with Crippen LogP contribution in [0.5, 0.6) is 0 Å². The van der Waals surface area contributed by atoms with E-state index in [1.807, 2.05) is 31.4 Å². The van der Waals surface area contributed by atoms with Gasteiger partial charge in [-0.05, 0) is 31.3 Å². The first kappa shape index (κ1) is 18.0. The van der Waals surface area contributed by atoms with E-state index in [4.69, 9.17) is 11.6 Å². The van der Waals surface area contributed by atoms with Crippen molar-refractivity contribution in [2.75, 3.05) is 39.8 Å². The number of aryl methyl sites for hydroxylation is 1. The molecule has 134 valence electrons. The fourth-order valence-electron chi connectivity index (χ4n) is 3.30. The first-order chi connectivity index (χ1) is 12.1. The molecule has 1 fully saturated rings. The SMILES string of the molecule is CN1CCN([C@@H](CNC(=O)c2ccccc2Cl)c2cccn2C)CC1. The van der Waals surface area contributed by atoms with Gasteiger partial charge in [-0.15, -0.1) is 0 Å². The van der Waals surface area contributed by atoms with Crippen molar-refractivity contribution in [2.24, 2.45) is 7.05 Å². The lowest BCUT2D eigenvalue weighted by Gasteiger charge is -2.38. The molecule has 2 aromatic rings. The molecule has 1 saturated heterocycles. The van der Waals surface area contributed by atoms with Crippen LogP contribution in [0.3, 0.4) is 0 Å². The predicted molar refractivity (Wildman–Crippen MR) is 101 cm³/mol. The second-order valence-corrected chi connectivity index (χ2v) is 7.00. The highest BCUT2D eigenvalue weighted by molar-refractivity contribution is 6.33. The summed E-state index contributed by atoms with van der Waals surface area (Å²) in [7, 11) is 4.20. The van der Waals surface area contributed by atoms with E-state index in [9.17, 15) is 4.79 Å². The van der Waals surface area contributed by atoms with Crippen molar-refractivity contribution in [1.82, 2.24) is 19.7 Å². The van der Waals surface area contributed by atoms with E-state index in [0.717, 1.165) is 26.2 Å². The molecule has 0 unspecified atom stereocenters. The summed E-state index contributed by atoms with van der Waals surface area (Å²) >= 11 is 6.14. The van der Waals surface area contributed by atoms with Crippen LogP contribution in [0, 0.1) is 0 Å². The van der Waals surface area contributed by atoms with Crippen LogP contribution >= 0.6 is 11.6 Å². The van der Waals surface area contributed by atoms with Gasteiger partial charge in [0.25, 0.3) is 5.91 Å². The Balaban J connectivity index is 1.73. The third-order valence-corrected chi connectivity index (χ3v) is 5.21. The first-order valence-corrected chi connectivity index (χ1v) is 9.00. The monoisotopic (exact) mass is 360 g/mol. The van der Waals surface area contributed by atoms with Crippen LogP contribution in [0.15, 0.2) is 42.6 Å². The Morgan fingerprint density at radius 3 is 2.48 bits per heavy atom. The number of hydrogen-bond acceptors (Lipinski definition) is 3. The van der Waals surface area contributed by atoms with Gasteiger partial charge in [0.15, 0.2) is 0 Å². The second kappa shape index (κ2) is 8.04. The lowest BCUT2D eigenvalue weighted by atomic mass is 10.1. The van der Waals surface area contributed by atoms with E-state index in [1.165, 1.54) is 5.69 Å². The van der Waals surface area contributed by atoms with Gasteiger partial charge in [-0.2, -0.15) is 0 Å². The van der Waals surface area contributed by atoms with Crippen LogP contribution in [0.4, 0.5) is 0 Å². The van der Waals surface area contributed by atoms with Crippen LogP contribution < -0.4 is 5.32 Å². The summed E-state index contributed by atoms with van der Waals surface area (Å²) in [6.45, 7) is 4.63. The Morgan fingerprint density at radius 1 is 1.12 bits per heavy atom. The molecule has 1 aliphatic rings. The number of amides is 1. The normalized spacial score (nSPS) is 17.4. The minimum Gasteiger partial charge on any atom is -0.353 e. The second-order valence-electron chi connectivity index (χ2n) is 6.59. The Bertz CT molecular complexity index is 722. The number of carbonyl (C=O) groups is 1. The molecule has 1 aliphatic heterocycles. The van der Waals surface area contributed by atoms with Crippen LogP contribution in [0.2, 0.25) is 5.02 Å². The fraction of sp³-hybridized carbons (Fsp3) is 0.421. The summed E-state index contributed by atoms with van der Waals surface area (Å²) < 4.78 is 2.13. The highest BCUT2D eigenvalue weighted by atomic mass is 35.5. The average molecular weight is 361 g/mol. The molecule has 3 rings (SSSR count). The third kappa shape index (κ3) is 4.24. The van der Waals surface area contributed by atoms with Crippen molar-refractivity contribution in [2.45, 2.75) is 6.04 Å². The van der Waals surface area contributed by atoms with E-state index in [-0.39, 0.29) is 11.9 Å². The van der Waals surface area contributed by atoms with E-state index in [0.29, 0.717) is 17.1 Å². The molecule has 0 saturated carbocycles. The zero-order chi connectivity index (χ0) is 17.8. The molecule has 1 atom stereocenters. The summed E-state index contributed by atoms with van der Waals surface area (Å²) in [6, 6.07) is 11.5. The maximum atomic E-state index is 12.5. The van der Waals surface area contributed by atoms with Gasteiger partial charge in [0.2, 0.25) is 0 Å². The number of benzene rings is 1. The molecule has 0 spiro atoms. The van der Waals surface area contributed by atoms with Crippen LogP contribution in [-0.4, -0.2) is 60.0 Å². The largest absolute Gasteiger partial charge is 0.353 e. The molecule has 5 nitrogen and oxygen atoms in total. The highest BCUT2D eigenvalue weighted by Gasteiger charge is 2.26. The number of halogens is 1. The molecule has 1 N–H and O–H groups in total. The molecule has 1 aromatic carbocycles. The van der Waals surface area contributed by atoms with Crippen molar-refractivity contribution in [1.29, 1.82) is 0 Å². The lowest BCUT2D eigenvalue weighted by molar-refractivity contribution is 0.0877. The Hall–Kier alpha value is -1.82. The predicted octanol–water partition coefficient (Wildman–Crippen LogP) is 2.40. The third-order valence-electron chi connectivity index (χ3n) is 4.88. The van der Waals surface area contributed by atoms with Crippen molar-refractivity contribution < 1.29 is 4.79 Å². The smallest absolute Gasteiger partial charge is 0.252 e. The van der Waals surface area contributed by atoms with E-state index in [1.54, 1.807) is 12.1 Å². The Morgan fingerprint density at radius 2 is 1.84 bits per heavy atom. The maximum absolute atomic E-state index is 12.5. The molecule has 0 radical (unpaired) electrons. The number of nitrogens with zero attached hydrogens (tertiary/aromatic N) is 3. The number of likely N-dealkylation sites (N-methyl/N-ethyl adjacent to an activating group) is 1. The van der Waals surface area contributed by atoms with Gasteiger partial charge >= 0.3 is 0 Å². The molecular weight excluding hydrogens is 336 g/mol. The van der Waals surface area contributed by atoms with Crippen molar-refractivity contribution in [3.8, 4) is 0 Å². The number of piperazine rings is 1. The van der Waals surface area contributed by atoms with Crippen molar-refractivity contribution in [3.63, 3.8) is 0 Å². The highest BCUT2D eigenvalue weighted by Crippen LogP contribution is 2.22. The molecule has 25 heavy (non-hydrogen) atoms. The van der Waals surface area contributed by atoms with Crippen LogP contribution in [-0.2, 0) is 7.05 Å². The topological polar surface area (TPSA) is 40.5 Å². The Kier molecular flexibility index (Phi) is 5.78.